The Labute approximate surface area is 106 Å². The smallest absolute Gasteiger partial charge is 0.0897 e. The number of hydrogen-bond donors (Lipinski definition) is 1. The van der Waals surface area contributed by atoms with Crippen molar-refractivity contribution in [1.29, 1.82) is 0 Å². The summed E-state index contributed by atoms with van der Waals surface area (Å²) in [5, 5.41) is 3.28. The van der Waals surface area contributed by atoms with E-state index in [-0.39, 0.29) is 6.04 Å². The van der Waals surface area contributed by atoms with Gasteiger partial charge in [-0.25, -0.2) is 4.98 Å². The van der Waals surface area contributed by atoms with Gasteiger partial charge in [0.15, 0.2) is 0 Å². The van der Waals surface area contributed by atoms with Crippen molar-refractivity contribution in [3.63, 3.8) is 0 Å². The molecule has 0 aliphatic carbocycles. The highest BCUT2D eigenvalue weighted by molar-refractivity contribution is 7.09. The molecule has 3 aliphatic rings. The summed E-state index contributed by atoms with van der Waals surface area (Å²) in [7, 11) is 0. The Kier molecular flexibility index (Phi) is 3.17. The molecule has 17 heavy (non-hydrogen) atoms. The van der Waals surface area contributed by atoms with Gasteiger partial charge in [-0.3, -0.25) is 9.80 Å². The van der Waals surface area contributed by atoms with Gasteiger partial charge in [-0.1, -0.05) is 0 Å². The van der Waals surface area contributed by atoms with Gasteiger partial charge in [-0.05, 0) is 6.92 Å². The molecule has 1 aromatic rings. The van der Waals surface area contributed by atoms with Crippen LogP contribution in [0.2, 0.25) is 0 Å². The predicted molar refractivity (Wildman–Crippen MR) is 70.3 cm³/mol. The molecule has 0 amide bonds. The number of thiazole rings is 1. The molecule has 3 saturated heterocycles. The van der Waals surface area contributed by atoms with Crippen LogP contribution in [0.4, 0.5) is 0 Å². The van der Waals surface area contributed by atoms with Crippen LogP contribution in [-0.2, 0) is 6.42 Å². The van der Waals surface area contributed by atoms with Crippen molar-refractivity contribution in [3.05, 3.63) is 16.1 Å². The summed E-state index contributed by atoms with van der Waals surface area (Å²) < 4.78 is 0. The van der Waals surface area contributed by atoms with Crippen LogP contribution in [0.1, 0.15) is 10.7 Å². The fraction of sp³-hybridized carbons (Fsp3) is 0.750. The van der Waals surface area contributed by atoms with Crippen LogP contribution in [0.25, 0.3) is 0 Å². The van der Waals surface area contributed by atoms with Gasteiger partial charge >= 0.3 is 0 Å². The van der Waals surface area contributed by atoms with Crippen molar-refractivity contribution in [2.75, 3.05) is 32.7 Å². The first-order valence-electron chi connectivity index (χ1n) is 6.35. The molecule has 3 aliphatic heterocycles. The molecule has 3 fully saturated rings. The molecule has 2 atom stereocenters. The quantitative estimate of drug-likeness (QED) is 0.841. The maximum Gasteiger partial charge on any atom is 0.0897 e. The van der Waals surface area contributed by atoms with Crippen molar-refractivity contribution in [3.8, 4) is 0 Å². The Morgan fingerprint density at radius 1 is 1.47 bits per heavy atom. The van der Waals surface area contributed by atoms with E-state index in [0.29, 0.717) is 6.04 Å². The Hall–Kier alpha value is -0.490. The van der Waals surface area contributed by atoms with Gasteiger partial charge in [0.2, 0.25) is 0 Å². The Morgan fingerprint density at radius 3 is 2.76 bits per heavy atom. The monoisotopic (exact) mass is 252 g/mol. The lowest BCUT2D eigenvalue weighted by atomic mass is 9.97. The van der Waals surface area contributed by atoms with Crippen LogP contribution < -0.4 is 5.73 Å². The lowest BCUT2D eigenvalue weighted by molar-refractivity contribution is 0.00248. The second kappa shape index (κ2) is 4.65. The molecule has 0 spiro atoms. The number of nitrogens with two attached hydrogens (primary N) is 1. The number of nitrogens with zero attached hydrogens (tertiary/aromatic N) is 3. The molecule has 0 radical (unpaired) electrons. The molecule has 4 rings (SSSR count). The van der Waals surface area contributed by atoms with E-state index in [4.69, 9.17) is 5.73 Å². The minimum absolute atomic E-state index is 0.222. The van der Waals surface area contributed by atoms with Gasteiger partial charge in [-0.15, -0.1) is 11.3 Å². The number of piperazine rings is 3. The van der Waals surface area contributed by atoms with Gasteiger partial charge in [0.1, 0.15) is 0 Å². The topological polar surface area (TPSA) is 45.4 Å². The molecule has 5 heteroatoms. The van der Waals surface area contributed by atoms with E-state index in [1.165, 1.54) is 26.2 Å². The minimum atomic E-state index is 0.222. The standard InChI is InChI=1S/C12H20N4S/c1-9-14-10(8-17-9)6-11(13)12-7-15-2-4-16(12)5-3-15/h8,11-12H,2-7,13H2,1H3. The van der Waals surface area contributed by atoms with Crippen molar-refractivity contribution in [2.24, 2.45) is 5.73 Å². The summed E-state index contributed by atoms with van der Waals surface area (Å²) in [6.45, 7) is 8.02. The zero-order valence-electron chi connectivity index (χ0n) is 10.3. The SMILES string of the molecule is Cc1nc(CC(N)C2CN3CCN2CC3)cs1. The summed E-state index contributed by atoms with van der Waals surface area (Å²) >= 11 is 1.72. The van der Waals surface area contributed by atoms with E-state index in [2.05, 4.69) is 27.1 Å². The van der Waals surface area contributed by atoms with E-state index in [1.54, 1.807) is 11.3 Å². The highest BCUT2D eigenvalue weighted by Gasteiger charge is 2.35. The molecule has 2 bridgehead atoms. The van der Waals surface area contributed by atoms with Crippen LogP contribution in [0.15, 0.2) is 5.38 Å². The Bertz CT molecular complexity index is 384. The maximum atomic E-state index is 6.37. The summed E-state index contributed by atoms with van der Waals surface area (Å²) in [4.78, 5) is 9.61. The van der Waals surface area contributed by atoms with E-state index in [1.807, 2.05) is 0 Å². The normalized spacial score (nSPS) is 33.9. The molecule has 2 N–H and O–H groups in total. The molecule has 4 heterocycles. The fourth-order valence-electron chi connectivity index (χ4n) is 2.94. The Balaban J connectivity index is 1.64. The van der Waals surface area contributed by atoms with Gasteiger partial charge in [0.05, 0.1) is 10.7 Å². The third kappa shape index (κ3) is 2.38. The number of aromatic nitrogens is 1. The molecule has 0 aromatic carbocycles. The average Bonchev–Trinajstić information content (AvgIpc) is 2.76. The largest absolute Gasteiger partial charge is 0.326 e. The van der Waals surface area contributed by atoms with Crippen molar-refractivity contribution in [2.45, 2.75) is 25.4 Å². The van der Waals surface area contributed by atoms with Crippen LogP contribution in [0.5, 0.6) is 0 Å². The maximum absolute atomic E-state index is 6.37. The van der Waals surface area contributed by atoms with E-state index in [0.717, 1.165) is 23.7 Å². The zero-order valence-corrected chi connectivity index (χ0v) is 11.1. The van der Waals surface area contributed by atoms with Gasteiger partial charge in [-0.2, -0.15) is 0 Å². The van der Waals surface area contributed by atoms with Gasteiger partial charge in [0.25, 0.3) is 0 Å². The Morgan fingerprint density at radius 2 is 2.24 bits per heavy atom. The van der Waals surface area contributed by atoms with Crippen LogP contribution in [0.3, 0.4) is 0 Å². The highest BCUT2D eigenvalue weighted by atomic mass is 32.1. The van der Waals surface area contributed by atoms with E-state index < -0.39 is 0 Å². The molecule has 2 unspecified atom stereocenters. The molecule has 4 nitrogen and oxygen atoms in total. The molecule has 94 valence electrons. The summed E-state index contributed by atoms with van der Waals surface area (Å²) in [5.74, 6) is 0. The summed E-state index contributed by atoms with van der Waals surface area (Å²) in [6.07, 6.45) is 0.916. The second-order valence-corrected chi connectivity index (χ2v) is 6.19. The zero-order chi connectivity index (χ0) is 11.8. The fourth-order valence-corrected chi connectivity index (χ4v) is 3.57. The first-order valence-corrected chi connectivity index (χ1v) is 7.23. The summed E-state index contributed by atoms with van der Waals surface area (Å²) in [5.41, 5.74) is 7.54. The number of aryl methyl sites for hydroxylation is 1. The van der Waals surface area contributed by atoms with Crippen molar-refractivity contribution >= 4 is 11.3 Å². The molecule has 1 aromatic heterocycles. The first-order chi connectivity index (χ1) is 8.22. The van der Waals surface area contributed by atoms with Crippen molar-refractivity contribution in [1.82, 2.24) is 14.8 Å². The number of hydrogen-bond acceptors (Lipinski definition) is 5. The molecular formula is C12H20N4S. The highest BCUT2D eigenvalue weighted by Crippen LogP contribution is 2.19. The van der Waals surface area contributed by atoms with Crippen LogP contribution in [-0.4, -0.2) is 59.6 Å². The van der Waals surface area contributed by atoms with E-state index in [9.17, 15) is 0 Å². The second-order valence-electron chi connectivity index (χ2n) is 5.13. The average molecular weight is 252 g/mol. The van der Waals surface area contributed by atoms with Gasteiger partial charge < -0.3 is 5.73 Å². The molecular weight excluding hydrogens is 232 g/mol. The lowest BCUT2D eigenvalue weighted by Crippen LogP contribution is -2.66. The lowest BCUT2D eigenvalue weighted by Gasteiger charge is -2.49. The number of rotatable bonds is 3. The first kappa shape index (κ1) is 11.6. The van der Waals surface area contributed by atoms with Crippen molar-refractivity contribution < 1.29 is 0 Å². The number of fused-ring (bicyclic) bond motifs is 3. The summed E-state index contributed by atoms with van der Waals surface area (Å²) in [6, 6.07) is 0.749. The third-order valence-electron chi connectivity index (χ3n) is 3.93. The minimum Gasteiger partial charge on any atom is -0.326 e. The molecule has 0 saturated carbocycles. The van der Waals surface area contributed by atoms with Crippen LogP contribution >= 0.6 is 11.3 Å². The van der Waals surface area contributed by atoms with E-state index >= 15 is 0 Å². The predicted octanol–water partition coefficient (Wildman–Crippen LogP) is 0.321. The van der Waals surface area contributed by atoms with Gasteiger partial charge in [0, 0.05) is 56.6 Å². The van der Waals surface area contributed by atoms with Crippen LogP contribution in [0, 0.1) is 6.92 Å². The third-order valence-corrected chi connectivity index (χ3v) is 4.75.